The van der Waals surface area contributed by atoms with E-state index in [1.54, 1.807) is 34.2 Å². The normalized spacial score (nSPS) is 14.5. The van der Waals surface area contributed by atoms with Gasteiger partial charge in [0, 0.05) is 38.6 Å². The third kappa shape index (κ3) is 3.53. The van der Waals surface area contributed by atoms with E-state index in [1.807, 2.05) is 30.3 Å². The van der Waals surface area contributed by atoms with Gasteiger partial charge < -0.3 is 9.80 Å². The van der Waals surface area contributed by atoms with Crippen LogP contribution < -0.4 is 4.90 Å². The van der Waals surface area contributed by atoms with Gasteiger partial charge in [-0.3, -0.25) is 4.79 Å². The molecule has 0 aliphatic carbocycles. The van der Waals surface area contributed by atoms with Crippen molar-refractivity contribution in [3.63, 3.8) is 0 Å². The van der Waals surface area contributed by atoms with Crippen molar-refractivity contribution in [2.75, 3.05) is 31.1 Å². The summed E-state index contributed by atoms with van der Waals surface area (Å²) in [5.74, 6) is 0.617. The fourth-order valence-corrected chi connectivity index (χ4v) is 2.97. The second-order valence-corrected chi connectivity index (χ2v) is 6.12. The van der Waals surface area contributed by atoms with Crippen molar-refractivity contribution in [1.82, 2.24) is 29.9 Å². The average molecular weight is 349 g/mol. The summed E-state index contributed by atoms with van der Waals surface area (Å²) in [6, 6.07) is 11.8. The molecular formula is C18H19N7O. The largest absolute Gasteiger partial charge is 0.337 e. The van der Waals surface area contributed by atoms with Gasteiger partial charge in [0.2, 0.25) is 5.95 Å². The van der Waals surface area contributed by atoms with Crippen LogP contribution in [-0.4, -0.2) is 61.9 Å². The highest BCUT2D eigenvalue weighted by atomic mass is 16.2. The smallest absolute Gasteiger partial charge is 0.276 e. The molecule has 3 aromatic rings. The van der Waals surface area contributed by atoms with Gasteiger partial charge in [-0.2, -0.15) is 0 Å². The van der Waals surface area contributed by atoms with Crippen molar-refractivity contribution in [1.29, 1.82) is 0 Å². The molecule has 1 saturated heterocycles. The first-order valence-corrected chi connectivity index (χ1v) is 8.55. The van der Waals surface area contributed by atoms with E-state index < -0.39 is 0 Å². The quantitative estimate of drug-likeness (QED) is 0.701. The molecule has 2 aromatic heterocycles. The van der Waals surface area contributed by atoms with Gasteiger partial charge in [0.15, 0.2) is 5.69 Å². The van der Waals surface area contributed by atoms with Crippen LogP contribution in [0.3, 0.4) is 0 Å². The summed E-state index contributed by atoms with van der Waals surface area (Å²) in [7, 11) is 0. The summed E-state index contributed by atoms with van der Waals surface area (Å²) in [6.07, 6.45) is 5.16. The molecule has 1 amide bonds. The van der Waals surface area contributed by atoms with Crippen LogP contribution in [0.4, 0.5) is 5.95 Å². The Kier molecular flexibility index (Phi) is 4.55. The van der Waals surface area contributed by atoms with Gasteiger partial charge in [0.25, 0.3) is 5.91 Å². The lowest BCUT2D eigenvalue weighted by Crippen LogP contribution is -2.49. The molecule has 1 aliphatic rings. The fourth-order valence-electron chi connectivity index (χ4n) is 2.97. The van der Waals surface area contributed by atoms with E-state index in [0.717, 1.165) is 5.56 Å². The second-order valence-electron chi connectivity index (χ2n) is 6.12. The third-order valence-electron chi connectivity index (χ3n) is 4.35. The van der Waals surface area contributed by atoms with Crippen LogP contribution in [0.5, 0.6) is 0 Å². The van der Waals surface area contributed by atoms with Crippen molar-refractivity contribution in [3.05, 3.63) is 66.2 Å². The maximum Gasteiger partial charge on any atom is 0.276 e. The van der Waals surface area contributed by atoms with Gasteiger partial charge in [-0.15, -0.1) is 5.10 Å². The Bertz CT molecular complexity index is 858. The lowest BCUT2D eigenvalue weighted by molar-refractivity contribution is 0.0740. The molecule has 1 aliphatic heterocycles. The maximum absolute atomic E-state index is 12.7. The molecule has 26 heavy (non-hydrogen) atoms. The first-order chi connectivity index (χ1) is 12.8. The first-order valence-electron chi connectivity index (χ1n) is 8.55. The molecule has 8 nitrogen and oxygen atoms in total. The Hall–Kier alpha value is -3.29. The lowest BCUT2D eigenvalue weighted by atomic mass is 10.2. The molecular weight excluding hydrogens is 330 g/mol. The summed E-state index contributed by atoms with van der Waals surface area (Å²) >= 11 is 0. The topological polar surface area (TPSA) is 80.0 Å². The molecule has 0 unspecified atom stereocenters. The van der Waals surface area contributed by atoms with Crippen molar-refractivity contribution < 1.29 is 4.79 Å². The number of amides is 1. The number of benzene rings is 1. The first kappa shape index (κ1) is 16.2. The number of carbonyl (C=O) groups is 1. The minimum absolute atomic E-state index is 0.0852. The van der Waals surface area contributed by atoms with E-state index in [2.05, 4.69) is 25.2 Å². The van der Waals surface area contributed by atoms with Gasteiger partial charge in [0.1, 0.15) is 0 Å². The molecule has 8 heteroatoms. The average Bonchev–Trinajstić information content (AvgIpc) is 3.17. The fraction of sp³-hybridized carbons (Fsp3) is 0.278. The van der Waals surface area contributed by atoms with Crippen LogP contribution in [0.15, 0.2) is 55.0 Å². The van der Waals surface area contributed by atoms with Gasteiger partial charge in [-0.25, -0.2) is 14.6 Å². The van der Waals surface area contributed by atoms with E-state index >= 15 is 0 Å². The zero-order chi connectivity index (χ0) is 17.8. The second kappa shape index (κ2) is 7.30. The summed E-state index contributed by atoms with van der Waals surface area (Å²) in [4.78, 5) is 25.1. The molecule has 0 N–H and O–H groups in total. The molecule has 3 heterocycles. The minimum atomic E-state index is -0.0852. The van der Waals surface area contributed by atoms with E-state index in [1.165, 1.54) is 0 Å². The van der Waals surface area contributed by atoms with Gasteiger partial charge in [-0.1, -0.05) is 35.5 Å². The zero-order valence-corrected chi connectivity index (χ0v) is 14.3. The number of hydrogen-bond donors (Lipinski definition) is 0. The lowest BCUT2D eigenvalue weighted by Gasteiger charge is -2.34. The molecule has 0 bridgehead atoms. The molecule has 4 rings (SSSR count). The highest BCUT2D eigenvalue weighted by Crippen LogP contribution is 2.12. The molecule has 0 atom stereocenters. The Balaban J connectivity index is 1.37. The molecule has 0 spiro atoms. The van der Waals surface area contributed by atoms with Gasteiger partial charge >= 0.3 is 0 Å². The molecule has 132 valence electrons. The molecule has 1 aromatic carbocycles. The summed E-state index contributed by atoms with van der Waals surface area (Å²) in [5.41, 5.74) is 1.50. The van der Waals surface area contributed by atoms with E-state index in [4.69, 9.17) is 0 Å². The molecule has 0 saturated carbocycles. The van der Waals surface area contributed by atoms with Gasteiger partial charge in [0.05, 0.1) is 12.7 Å². The van der Waals surface area contributed by atoms with Crippen molar-refractivity contribution >= 4 is 11.9 Å². The molecule has 0 radical (unpaired) electrons. The van der Waals surface area contributed by atoms with Crippen LogP contribution in [-0.2, 0) is 6.54 Å². The summed E-state index contributed by atoms with van der Waals surface area (Å²) < 4.78 is 1.69. The number of rotatable bonds is 4. The van der Waals surface area contributed by atoms with E-state index in [0.29, 0.717) is 44.4 Å². The van der Waals surface area contributed by atoms with Crippen LogP contribution in [0, 0.1) is 0 Å². The van der Waals surface area contributed by atoms with E-state index in [-0.39, 0.29) is 5.91 Å². The third-order valence-corrected chi connectivity index (χ3v) is 4.35. The summed E-state index contributed by atoms with van der Waals surface area (Å²) in [5, 5.41) is 8.13. The van der Waals surface area contributed by atoms with Crippen molar-refractivity contribution in [3.8, 4) is 0 Å². The number of hydrogen-bond acceptors (Lipinski definition) is 6. The zero-order valence-electron chi connectivity index (χ0n) is 14.3. The van der Waals surface area contributed by atoms with Crippen LogP contribution >= 0.6 is 0 Å². The van der Waals surface area contributed by atoms with Crippen LogP contribution in [0.1, 0.15) is 16.1 Å². The number of carbonyl (C=O) groups excluding carboxylic acids is 1. The highest BCUT2D eigenvalue weighted by molar-refractivity contribution is 5.92. The number of nitrogens with zero attached hydrogens (tertiary/aromatic N) is 7. The number of aromatic nitrogens is 5. The van der Waals surface area contributed by atoms with Crippen LogP contribution in [0.2, 0.25) is 0 Å². The highest BCUT2D eigenvalue weighted by Gasteiger charge is 2.25. The Morgan fingerprint density at radius 3 is 2.42 bits per heavy atom. The van der Waals surface area contributed by atoms with Crippen LogP contribution in [0.25, 0.3) is 0 Å². The monoisotopic (exact) mass is 349 g/mol. The van der Waals surface area contributed by atoms with Crippen molar-refractivity contribution in [2.45, 2.75) is 6.54 Å². The SMILES string of the molecule is O=C(c1cn(Cc2ccccc2)nn1)N1CCN(c2ncccn2)CC1. The van der Waals surface area contributed by atoms with Gasteiger partial charge in [-0.05, 0) is 11.6 Å². The number of piperazine rings is 1. The maximum atomic E-state index is 12.7. The predicted octanol–water partition coefficient (Wildman–Crippen LogP) is 1.08. The predicted molar refractivity (Wildman–Crippen MR) is 95.7 cm³/mol. The Labute approximate surface area is 151 Å². The van der Waals surface area contributed by atoms with Crippen molar-refractivity contribution in [2.24, 2.45) is 0 Å². The molecule has 1 fully saturated rings. The number of anilines is 1. The minimum Gasteiger partial charge on any atom is -0.337 e. The Morgan fingerprint density at radius 2 is 1.69 bits per heavy atom. The standard InChI is InChI=1S/C18H19N7O/c26-17(16-14-25(22-21-16)13-15-5-2-1-3-6-15)23-9-11-24(12-10-23)18-19-7-4-8-20-18/h1-8,14H,9-13H2. The Morgan fingerprint density at radius 1 is 0.962 bits per heavy atom. The van der Waals surface area contributed by atoms with E-state index in [9.17, 15) is 4.79 Å². The summed E-state index contributed by atoms with van der Waals surface area (Å²) in [6.45, 7) is 3.23.